The number of benzene rings is 1. The van der Waals surface area contributed by atoms with E-state index in [9.17, 15) is 15.2 Å². The lowest BCUT2D eigenvalue weighted by molar-refractivity contribution is -0.400. The molecule has 0 aliphatic carbocycles. The normalized spacial score (nSPS) is 11.9. The predicted octanol–water partition coefficient (Wildman–Crippen LogP) is 2.94. The second kappa shape index (κ2) is 4.35. The van der Waals surface area contributed by atoms with Gasteiger partial charge < -0.3 is 5.11 Å². The van der Waals surface area contributed by atoms with Crippen molar-refractivity contribution >= 4 is 6.08 Å². The van der Waals surface area contributed by atoms with Gasteiger partial charge in [0.2, 0.25) is 6.20 Å². The lowest BCUT2D eigenvalue weighted by atomic mass is 9.86. The highest BCUT2D eigenvalue weighted by Gasteiger charge is 2.14. The van der Waals surface area contributed by atoms with E-state index in [1.165, 1.54) is 6.08 Å². The van der Waals surface area contributed by atoms with Crippen LogP contribution in [0.2, 0.25) is 0 Å². The fourth-order valence-electron chi connectivity index (χ4n) is 1.30. The van der Waals surface area contributed by atoms with Crippen molar-refractivity contribution in [2.75, 3.05) is 0 Å². The van der Waals surface area contributed by atoms with E-state index in [4.69, 9.17) is 0 Å². The van der Waals surface area contributed by atoms with Gasteiger partial charge in [0.05, 0.1) is 4.92 Å². The first kappa shape index (κ1) is 12.2. The van der Waals surface area contributed by atoms with Gasteiger partial charge in [0.15, 0.2) is 0 Å². The minimum absolute atomic E-state index is 0.0473. The maximum Gasteiger partial charge on any atom is 0.235 e. The van der Waals surface area contributed by atoms with Crippen LogP contribution in [-0.4, -0.2) is 10.0 Å². The van der Waals surface area contributed by atoms with Crippen molar-refractivity contribution in [3.63, 3.8) is 0 Å². The molecule has 0 radical (unpaired) electrons. The number of nitro groups is 1. The van der Waals surface area contributed by atoms with E-state index in [2.05, 4.69) is 0 Å². The first-order valence-electron chi connectivity index (χ1n) is 4.96. The summed E-state index contributed by atoms with van der Waals surface area (Å²) in [5, 5.41) is 19.7. The second-order valence-corrected chi connectivity index (χ2v) is 4.62. The van der Waals surface area contributed by atoms with E-state index >= 15 is 0 Å². The van der Waals surface area contributed by atoms with Crippen molar-refractivity contribution in [1.29, 1.82) is 0 Å². The van der Waals surface area contributed by atoms with Gasteiger partial charge in [-0.15, -0.1) is 0 Å². The molecule has 0 heterocycles. The average molecular weight is 221 g/mol. The molecule has 0 aromatic heterocycles. The zero-order chi connectivity index (χ0) is 12.3. The van der Waals surface area contributed by atoms with Crippen LogP contribution in [0.4, 0.5) is 0 Å². The van der Waals surface area contributed by atoms with Gasteiger partial charge in [-0.1, -0.05) is 26.8 Å². The van der Waals surface area contributed by atoms with Crippen LogP contribution in [0.5, 0.6) is 5.75 Å². The average Bonchev–Trinajstić information content (AvgIpc) is 2.14. The van der Waals surface area contributed by atoms with Crippen LogP contribution in [-0.2, 0) is 5.41 Å². The molecule has 0 spiro atoms. The van der Waals surface area contributed by atoms with Gasteiger partial charge in [-0.25, -0.2) is 0 Å². The zero-order valence-corrected chi connectivity index (χ0v) is 9.60. The zero-order valence-electron chi connectivity index (χ0n) is 9.60. The first-order valence-corrected chi connectivity index (χ1v) is 4.96. The Morgan fingerprint density at radius 1 is 1.38 bits per heavy atom. The number of rotatable bonds is 2. The summed E-state index contributed by atoms with van der Waals surface area (Å²) in [4.78, 5) is 9.65. The van der Waals surface area contributed by atoms with Crippen molar-refractivity contribution in [1.82, 2.24) is 0 Å². The Kier molecular flexibility index (Phi) is 3.32. The summed E-state index contributed by atoms with van der Waals surface area (Å²) >= 11 is 0. The van der Waals surface area contributed by atoms with Gasteiger partial charge in [0.25, 0.3) is 0 Å². The van der Waals surface area contributed by atoms with Gasteiger partial charge in [0, 0.05) is 11.6 Å². The Balaban J connectivity index is 3.14. The Morgan fingerprint density at radius 2 is 2.00 bits per heavy atom. The van der Waals surface area contributed by atoms with Crippen molar-refractivity contribution in [3.05, 3.63) is 45.6 Å². The fraction of sp³-hybridized carbons (Fsp3) is 0.333. The van der Waals surface area contributed by atoms with E-state index < -0.39 is 4.92 Å². The maximum absolute atomic E-state index is 10.2. The van der Waals surface area contributed by atoms with Gasteiger partial charge in [-0.3, -0.25) is 10.1 Å². The largest absolute Gasteiger partial charge is 0.507 e. The first-order chi connectivity index (χ1) is 7.30. The molecule has 16 heavy (non-hydrogen) atoms. The molecule has 1 rings (SSSR count). The molecule has 1 aromatic rings. The van der Waals surface area contributed by atoms with Crippen LogP contribution in [0.25, 0.3) is 6.08 Å². The minimum atomic E-state index is -0.552. The third-order valence-electron chi connectivity index (χ3n) is 2.27. The van der Waals surface area contributed by atoms with Crippen LogP contribution in [0, 0.1) is 10.1 Å². The summed E-state index contributed by atoms with van der Waals surface area (Å²) in [5.74, 6) is 0.0473. The summed E-state index contributed by atoms with van der Waals surface area (Å²) in [6, 6.07) is 5.13. The predicted molar refractivity (Wildman–Crippen MR) is 62.8 cm³/mol. The molecule has 0 atom stereocenters. The molecule has 0 unspecified atom stereocenters. The Labute approximate surface area is 94.4 Å². The molecular weight excluding hydrogens is 206 g/mol. The summed E-state index contributed by atoms with van der Waals surface area (Å²) < 4.78 is 0. The lowest BCUT2D eigenvalue weighted by Crippen LogP contribution is -2.10. The molecule has 0 saturated carbocycles. The number of nitrogens with zero attached hydrogens (tertiary/aromatic N) is 1. The van der Waals surface area contributed by atoms with Crippen LogP contribution in [0.15, 0.2) is 24.4 Å². The van der Waals surface area contributed by atoms with Crippen LogP contribution in [0.3, 0.4) is 0 Å². The highest BCUT2D eigenvalue weighted by Crippen LogP contribution is 2.27. The molecule has 0 aliphatic heterocycles. The SMILES string of the molecule is CC(C)(C)c1ccc(O)c(/C=C/[N+](=O)[O-])c1. The monoisotopic (exact) mass is 221 g/mol. The molecule has 0 fully saturated rings. The van der Waals surface area contributed by atoms with Crippen molar-refractivity contribution in [3.8, 4) is 5.75 Å². The molecule has 1 aromatic carbocycles. The standard InChI is InChI=1S/C12H15NO3/c1-12(2,3)10-4-5-11(14)9(8-10)6-7-13(15)16/h4-8,14H,1-3H3/b7-6+. The highest BCUT2D eigenvalue weighted by atomic mass is 16.6. The number of hydrogen-bond acceptors (Lipinski definition) is 3. The maximum atomic E-state index is 10.2. The number of hydrogen-bond donors (Lipinski definition) is 1. The molecule has 4 nitrogen and oxygen atoms in total. The van der Waals surface area contributed by atoms with Crippen molar-refractivity contribution in [2.24, 2.45) is 0 Å². The summed E-state index contributed by atoms with van der Waals surface area (Å²) in [5.41, 5.74) is 1.43. The quantitative estimate of drug-likeness (QED) is 0.616. The molecule has 0 aliphatic rings. The molecule has 0 bridgehead atoms. The topological polar surface area (TPSA) is 63.4 Å². The van der Waals surface area contributed by atoms with Gasteiger partial charge in [-0.2, -0.15) is 0 Å². The van der Waals surface area contributed by atoms with Crippen molar-refractivity contribution in [2.45, 2.75) is 26.2 Å². The number of phenolic OH excluding ortho intramolecular Hbond substituents is 1. The third kappa shape index (κ3) is 3.08. The van der Waals surface area contributed by atoms with E-state index in [-0.39, 0.29) is 11.2 Å². The molecule has 0 amide bonds. The van der Waals surface area contributed by atoms with Crippen molar-refractivity contribution < 1.29 is 10.0 Å². The van der Waals surface area contributed by atoms with E-state index in [1.54, 1.807) is 12.1 Å². The summed E-state index contributed by atoms with van der Waals surface area (Å²) in [6.45, 7) is 6.13. The van der Waals surface area contributed by atoms with Gasteiger partial charge >= 0.3 is 0 Å². The van der Waals surface area contributed by atoms with E-state index in [0.29, 0.717) is 5.56 Å². The molecule has 86 valence electrons. The molecule has 0 saturated heterocycles. The third-order valence-corrected chi connectivity index (χ3v) is 2.27. The van der Waals surface area contributed by atoms with E-state index in [1.807, 2.05) is 26.8 Å². The van der Waals surface area contributed by atoms with Gasteiger partial charge in [0.1, 0.15) is 5.75 Å². The Morgan fingerprint density at radius 3 is 2.50 bits per heavy atom. The van der Waals surface area contributed by atoms with Gasteiger partial charge in [-0.05, 0) is 23.1 Å². The Bertz CT molecular complexity index is 430. The molecular formula is C12H15NO3. The summed E-state index contributed by atoms with van der Waals surface area (Å²) in [7, 11) is 0. The molecule has 4 heteroatoms. The van der Waals surface area contributed by atoms with E-state index in [0.717, 1.165) is 11.8 Å². The lowest BCUT2D eigenvalue weighted by Gasteiger charge is -2.19. The smallest absolute Gasteiger partial charge is 0.235 e. The second-order valence-electron chi connectivity index (χ2n) is 4.62. The van der Waals surface area contributed by atoms with Crippen LogP contribution >= 0.6 is 0 Å². The van der Waals surface area contributed by atoms with Crippen LogP contribution in [0.1, 0.15) is 31.9 Å². The summed E-state index contributed by atoms with van der Waals surface area (Å²) in [6.07, 6.45) is 2.12. The van der Waals surface area contributed by atoms with Crippen LogP contribution < -0.4 is 0 Å². The number of phenols is 1. The highest BCUT2D eigenvalue weighted by molar-refractivity contribution is 5.57. The Hall–Kier alpha value is -1.84. The number of aromatic hydroxyl groups is 1. The fourth-order valence-corrected chi connectivity index (χ4v) is 1.30. The minimum Gasteiger partial charge on any atom is -0.507 e. The molecule has 1 N–H and O–H groups in total.